The second-order valence-corrected chi connectivity index (χ2v) is 6.18. The molecule has 2 aromatic rings. The smallest absolute Gasteiger partial charge is 0.254 e. The summed E-state index contributed by atoms with van der Waals surface area (Å²) >= 11 is 0. The van der Waals surface area contributed by atoms with Crippen LogP contribution in [0.5, 0.6) is 0 Å². The molecular formula is C21H23NO. The van der Waals surface area contributed by atoms with Crippen LogP contribution in [0.4, 0.5) is 0 Å². The Morgan fingerprint density at radius 2 is 1.65 bits per heavy atom. The first-order chi connectivity index (χ1) is 11.3. The first kappa shape index (κ1) is 15.5. The van der Waals surface area contributed by atoms with Crippen LogP contribution in [0.3, 0.4) is 0 Å². The van der Waals surface area contributed by atoms with E-state index in [2.05, 4.69) is 6.92 Å². The molecule has 1 heterocycles. The van der Waals surface area contributed by atoms with Gasteiger partial charge in [0, 0.05) is 18.2 Å². The molecule has 0 spiro atoms. The topological polar surface area (TPSA) is 20.3 Å². The van der Waals surface area contributed by atoms with Crippen molar-refractivity contribution >= 4 is 17.6 Å². The number of carbonyl (C=O) groups is 1. The van der Waals surface area contributed by atoms with Crippen LogP contribution in [0.2, 0.25) is 0 Å². The van der Waals surface area contributed by atoms with Crippen LogP contribution in [0.1, 0.15) is 37.3 Å². The summed E-state index contributed by atoms with van der Waals surface area (Å²) in [5.41, 5.74) is 2.83. The molecule has 118 valence electrons. The van der Waals surface area contributed by atoms with E-state index in [0.29, 0.717) is 6.04 Å². The molecule has 2 nitrogen and oxygen atoms in total. The number of hydrogen-bond donors (Lipinski definition) is 0. The molecule has 1 fully saturated rings. The van der Waals surface area contributed by atoms with Crippen LogP contribution in [-0.2, 0) is 4.79 Å². The fourth-order valence-electron chi connectivity index (χ4n) is 3.16. The van der Waals surface area contributed by atoms with Gasteiger partial charge >= 0.3 is 0 Å². The van der Waals surface area contributed by atoms with Crippen molar-refractivity contribution in [2.24, 2.45) is 0 Å². The van der Waals surface area contributed by atoms with Gasteiger partial charge in [0.05, 0.1) is 0 Å². The average Bonchev–Trinajstić information content (AvgIpc) is 2.61. The van der Waals surface area contributed by atoms with Gasteiger partial charge in [0.15, 0.2) is 0 Å². The zero-order chi connectivity index (χ0) is 16.1. The molecule has 2 aromatic carbocycles. The Balaban J connectivity index is 1.98. The van der Waals surface area contributed by atoms with E-state index in [1.807, 2.05) is 71.6 Å². The third-order valence-electron chi connectivity index (χ3n) is 4.49. The molecule has 0 N–H and O–H groups in total. The van der Waals surface area contributed by atoms with Crippen LogP contribution in [0.15, 0.2) is 60.7 Å². The average molecular weight is 305 g/mol. The van der Waals surface area contributed by atoms with Crippen molar-refractivity contribution in [3.63, 3.8) is 0 Å². The second-order valence-electron chi connectivity index (χ2n) is 6.18. The molecule has 3 rings (SSSR count). The summed E-state index contributed by atoms with van der Waals surface area (Å²) in [6.07, 6.45) is 5.43. The highest BCUT2D eigenvalue weighted by molar-refractivity contribution is 6.24. The molecule has 0 aromatic heterocycles. The Hall–Kier alpha value is -2.35. The van der Waals surface area contributed by atoms with Crippen molar-refractivity contribution in [1.29, 1.82) is 0 Å². The van der Waals surface area contributed by atoms with Gasteiger partial charge in [-0.2, -0.15) is 0 Å². The third kappa shape index (κ3) is 3.70. The number of benzene rings is 2. The molecule has 1 aliphatic heterocycles. The summed E-state index contributed by atoms with van der Waals surface area (Å²) in [6, 6.07) is 20.4. The lowest BCUT2D eigenvalue weighted by Gasteiger charge is -2.34. The maximum atomic E-state index is 13.2. The molecule has 1 amide bonds. The predicted molar refractivity (Wildman–Crippen MR) is 95.8 cm³/mol. The molecule has 0 radical (unpaired) electrons. The Bertz CT molecular complexity index is 676. The van der Waals surface area contributed by atoms with Gasteiger partial charge in [-0.15, -0.1) is 0 Å². The molecular weight excluding hydrogens is 282 g/mol. The molecule has 0 aliphatic carbocycles. The largest absolute Gasteiger partial charge is 0.336 e. The van der Waals surface area contributed by atoms with Crippen LogP contribution in [0.25, 0.3) is 11.6 Å². The number of amides is 1. The minimum atomic E-state index is 0.146. The van der Waals surface area contributed by atoms with E-state index >= 15 is 0 Å². The van der Waals surface area contributed by atoms with E-state index in [0.717, 1.165) is 36.1 Å². The van der Waals surface area contributed by atoms with Crippen molar-refractivity contribution in [3.05, 3.63) is 71.8 Å². The molecule has 1 aliphatic rings. The predicted octanol–water partition coefficient (Wildman–Crippen LogP) is 4.63. The van der Waals surface area contributed by atoms with E-state index in [1.54, 1.807) is 0 Å². The Kier molecular flexibility index (Phi) is 4.92. The van der Waals surface area contributed by atoms with Crippen LogP contribution >= 0.6 is 0 Å². The number of hydrogen-bond acceptors (Lipinski definition) is 1. The number of piperidine rings is 1. The fourth-order valence-corrected chi connectivity index (χ4v) is 3.16. The van der Waals surface area contributed by atoms with E-state index < -0.39 is 0 Å². The minimum Gasteiger partial charge on any atom is -0.336 e. The zero-order valence-electron chi connectivity index (χ0n) is 13.6. The Morgan fingerprint density at radius 1 is 1.00 bits per heavy atom. The molecule has 1 saturated heterocycles. The van der Waals surface area contributed by atoms with Crippen molar-refractivity contribution in [3.8, 4) is 0 Å². The van der Waals surface area contributed by atoms with Gasteiger partial charge in [0.25, 0.3) is 5.91 Å². The number of nitrogens with zero attached hydrogens (tertiary/aromatic N) is 1. The molecule has 2 heteroatoms. The maximum absolute atomic E-state index is 13.2. The van der Waals surface area contributed by atoms with Crippen molar-refractivity contribution < 1.29 is 4.79 Å². The van der Waals surface area contributed by atoms with Gasteiger partial charge in [0.1, 0.15) is 0 Å². The Labute approximate surface area is 138 Å². The number of carbonyl (C=O) groups excluding carboxylic acids is 1. The zero-order valence-corrected chi connectivity index (χ0v) is 13.6. The first-order valence-electron chi connectivity index (χ1n) is 8.39. The first-order valence-corrected chi connectivity index (χ1v) is 8.39. The quantitative estimate of drug-likeness (QED) is 0.598. The highest BCUT2D eigenvalue weighted by Gasteiger charge is 2.26. The van der Waals surface area contributed by atoms with E-state index in [-0.39, 0.29) is 5.91 Å². The highest BCUT2D eigenvalue weighted by Crippen LogP contribution is 2.25. The van der Waals surface area contributed by atoms with Gasteiger partial charge in [0.2, 0.25) is 0 Å². The van der Waals surface area contributed by atoms with Crippen molar-refractivity contribution in [2.45, 2.75) is 32.2 Å². The van der Waals surface area contributed by atoms with Gasteiger partial charge in [-0.05, 0) is 43.4 Å². The van der Waals surface area contributed by atoms with Crippen LogP contribution in [0, 0.1) is 0 Å². The van der Waals surface area contributed by atoms with Gasteiger partial charge in [-0.1, -0.05) is 60.7 Å². The molecule has 0 bridgehead atoms. The molecule has 0 saturated carbocycles. The van der Waals surface area contributed by atoms with Crippen LogP contribution < -0.4 is 0 Å². The normalized spacial score (nSPS) is 18.7. The summed E-state index contributed by atoms with van der Waals surface area (Å²) in [4.78, 5) is 15.2. The second kappa shape index (κ2) is 7.28. The lowest BCUT2D eigenvalue weighted by Crippen LogP contribution is -2.42. The summed E-state index contributed by atoms with van der Waals surface area (Å²) in [6.45, 7) is 3.02. The summed E-state index contributed by atoms with van der Waals surface area (Å²) < 4.78 is 0. The minimum absolute atomic E-state index is 0.146. The van der Waals surface area contributed by atoms with Crippen molar-refractivity contribution in [2.75, 3.05) is 6.54 Å². The summed E-state index contributed by atoms with van der Waals surface area (Å²) in [7, 11) is 0. The van der Waals surface area contributed by atoms with E-state index in [1.165, 1.54) is 6.42 Å². The van der Waals surface area contributed by atoms with Crippen molar-refractivity contribution in [1.82, 2.24) is 4.90 Å². The Morgan fingerprint density at radius 3 is 2.30 bits per heavy atom. The van der Waals surface area contributed by atoms with Gasteiger partial charge in [-0.3, -0.25) is 4.79 Å². The molecule has 23 heavy (non-hydrogen) atoms. The standard InChI is InChI=1S/C21H23NO/c1-17-10-8-9-15-22(17)21(23)20(19-13-6-3-7-14-19)16-18-11-4-2-5-12-18/h2-7,11-14,16-17H,8-10,15H2,1H3/b20-16-. The van der Waals surface area contributed by atoms with Gasteiger partial charge < -0.3 is 4.90 Å². The lowest BCUT2D eigenvalue weighted by atomic mass is 9.98. The highest BCUT2D eigenvalue weighted by atomic mass is 16.2. The fraction of sp³-hybridized carbons (Fsp3) is 0.286. The summed E-state index contributed by atoms with van der Waals surface area (Å²) in [5.74, 6) is 0.146. The maximum Gasteiger partial charge on any atom is 0.254 e. The van der Waals surface area contributed by atoms with Gasteiger partial charge in [-0.25, -0.2) is 0 Å². The lowest BCUT2D eigenvalue weighted by molar-refractivity contribution is -0.128. The van der Waals surface area contributed by atoms with Crippen LogP contribution in [-0.4, -0.2) is 23.4 Å². The van der Waals surface area contributed by atoms with E-state index in [4.69, 9.17) is 0 Å². The number of likely N-dealkylation sites (tertiary alicyclic amines) is 1. The summed E-state index contributed by atoms with van der Waals surface area (Å²) in [5, 5.41) is 0. The molecule has 1 unspecified atom stereocenters. The number of rotatable bonds is 3. The SMILES string of the molecule is CC1CCCCN1C(=O)/C(=C\c1ccccc1)c1ccccc1. The monoisotopic (exact) mass is 305 g/mol. The third-order valence-corrected chi connectivity index (χ3v) is 4.49. The molecule has 1 atom stereocenters. The van der Waals surface area contributed by atoms with E-state index in [9.17, 15) is 4.79 Å².